The van der Waals surface area contributed by atoms with Gasteiger partial charge < -0.3 is 19.4 Å². The lowest BCUT2D eigenvalue weighted by atomic mass is 10.1. The van der Waals surface area contributed by atoms with E-state index in [0.717, 1.165) is 18.4 Å². The van der Waals surface area contributed by atoms with Crippen LogP contribution in [0.25, 0.3) is 0 Å². The van der Waals surface area contributed by atoms with Gasteiger partial charge in [-0.05, 0) is 43.5 Å². The predicted molar refractivity (Wildman–Crippen MR) is 91.7 cm³/mol. The summed E-state index contributed by atoms with van der Waals surface area (Å²) in [6.07, 6.45) is 3.40. The fourth-order valence-corrected chi connectivity index (χ4v) is 3.81. The zero-order valence-electron chi connectivity index (χ0n) is 13.7. The Morgan fingerprint density at radius 2 is 2.12 bits per heavy atom. The molecule has 1 aliphatic heterocycles. The second-order valence-electron chi connectivity index (χ2n) is 5.78. The molecule has 0 unspecified atom stereocenters. The number of nitrogens with one attached hydrogen (secondary N) is 1. The Morgan fingerprint density at radius 1 is 1.38 bits per heavy atom. The van der Waals surface area contributed by atoms with Crippen LogP contribution in [0.15, 0.2) is 28.9 Å². The average Bonchev–Trinajstić information content (AvgIpc) is 3.24. The second-order valence-corrected chi connectivity index (χ2v) is 6.83. The first kappa shape index (κ1) is 16.7. The highest BCUT2D eigenvalue weighted by molar-refractivity contribution is 7.18. The van der Waals surface area contributed by atoms with Crippen LogP contribution in [0.3, 0.4) is 0 Å². The Labute approximate surface area is 144 Å². The Balaban J connectivity index is 1.67. The van der Waals surface area contributed by atoms with Crippen molar-refractivity contribution in [2.75, 3.05) is 25.5 Å². The Bertz CT molecular complexity index is 715. The molecule has 0 aliphatic carbocycles. The van der Waals surface area contributed by atoms with Crippen LogP contribution in [-0.4, -0.2) is 43.0 Å². The van der Waals surface area contributed by atoms with Gasteiger partial charge in [0.15, 0.2) is 5.76 Å². The standard InChI is InChI=1S/C17H20N2O4S/c1-11-10-14(18-16(20)13-4-3-9-23-13)24-15(11)17(21)19-7-5-12(22-2)6-8-19/h3-4,9-10,12H,5-8H2,1-2H3,(H,18,20). The van der Waals surface area contributed by atoms with Crippen LogP contribution < -0.4 is 5.32 Å². The van der Waals surface area contributed by atoms with Gasteiger partial charge in [0.05, 0.1) is 22.2 Å². The first-order valence-corrected chi connectivity index (χ1v) is 8.67. The number of carbonyl (C=O) groups excluding carboxylic acids is 2. The van der Waals surface area contributed by atoms with Crippen molar-refractivity contribution in [1.82, 2.24) is 4.90 Å². The molecule has 0 bridgehead atoms. The molecule has 24 heavy (non-hydrogen) atoms. The van der Waals surface area contributed by atoms with Crippen molar-refractivity contribution in [2.45, 2.75) is 25.9 Å². The van der Waals surface area contributed by atoms with Crippen LogP contribution in [0, 0.1) is 6.92 Å². The fraction of sp³-hybridized carbons (Fsp3) is 0.412. The predicted octanol–water partition coefficient (Wildman–Crippen LogP) is 3.15. The molecule has 0 saturated carbocycles. The molecule has 2 aromatic heterocycles. The second kappa shape index (κ2) is 7.19. The smallest absolute Gasteiger partial charge is 0.291 e. The number of ether oxygens (including phenoxy) is 1. The number of likely N-dealkylation sites (tertiary alicyclic amines) is 1. The number of hydrogen-bond donors (Lipinski definition) is 1. The van der Waals surface area contributed by atoms with Crippen LogP contribution in [0.5, 0.6) is 0 Å². The van der Waals surface area contributed by atoms with E-state index in [1.54, 1.807) is 19.2 Å². The number of amides is 2. The fourth-order valence-electron chi connectivity index (χ4n) is 2.78. The van der Waals surface area contributed by atoms with Crippen molar-refractivity contribution < 1.29 is 18.7 Å². The lowest BCUT2D eigenvalue weighted by Crippen LogP contribution is -2.40. The molecule has 3 rings (SSSR count). The molecule has 3 heterocycles. The summed E-state index contributed by atoms with van der Waals surface area (Å²) in [7, 11) is 1.71. The first-order valence-electron chi connectivity index (χ1n) is 7.86. The minimum absolute atomic E-state index is 0.0190. The summed E-state index contributed by atoms with van der Waals surface area (Å²) in [4.78, 5) is 27.3. The van der Waals surface area contributed by atoms with Crippen molar-refractivity contribution in [1.29, 1.82) is 0 Å². The van der Waals surface area contributed by atoms with E-state index in [0.29, 0.717) is 23.0 Å². The highest BCUT2D eigenvalue weighted by atomic mass is 32.1. The summed E-state index contributed by atoms with van der Waals surface area (Å²) >= 11 is 1.30. The van der Waals surface area contributed by atoms with E-state index in [-0.39, 0.29) is 23.7 Å². The molecule has 0 radical (unpaired) electrons. The Hall–Kier alpha value is -2.12. The van der Waals surface area contributed by atoms with Gasteiger partial charge >= 0.3 is 0 Å². The highest BCUT2D eigenvalue weighted by Crippen LogP contribution is 2.29. The number of hydrogen-bond acceptors (Lipinski definition) is 5. The third kappa shape index (κ3) is 3.52. The van der Waals surface area contributed by atoms with E-state index in [1.165, 1.54) is 17.6 Å². The quantitative estimate of drug-likeness (QED) is 0.921. The van der Waals surface area contributed by atoms with Crippen LogP contribution in [-0.2, 0) is 4.74 Å². The molecule has 0 spiro atoms. The number of carbonyl (C=O) groups is 2. The minimum Gasteiger partial charge on any atom is -0.459 e. The maximum Gasteiger partial charge on any atom is 0.291 e. The molecule has 0 atom stereocenters. The van der Waals surface area contributed by atoms with Gasteiger partial charge in [0.1, 0.15) is 0 Å². The molecule has 1 fully saturated rings. The lowest BCUT2D eigenvalue weighted by Gasteiger charge is -2.31. The van der Waals surface area contributed by atoms with Gasteiger partial charge in [0.25, 0.3) is 11.8 Å². The summed E-state index contributed by atoms with van der Waals surface area (Å²) in [6.45, 7) is 3.28. The van der Waals surface area contributed by atoms with Crippen LogP contribution >= 0.6 is 11.3 Å². The number of piperidine rings is 1. The van der Waals surface area contributed by atoms with Crippen molar-refractivity contribution >= 4 is 28.2 Å². The van der Waals surface area contributed by atoms with Gasteiger partial charge in [-0.15, -0.1) is 11.3 Å². The number of methoxy groups -OCH3 is 1. The van der Waals surface area contributed by atoms with E-state index in [1.807, 2.05) is 17.9 Å². The van der Waals surface area contributed by atoms with Crippen molar-refractivity contribution in [3.8, 4) is 0 Å². The van der Waals surface area contributed by atoms with Gasteiger partial charge in [-0.2, -0.15) is 0 Å². The van der Waals surface area contributed by atoms with Gasteiger partial charge in [0, 0.05) is 20.2 Å². The van der Waals surface area contributed by atoms with E-state index in [9.17, 15) is 9.59 Å². The molecule has 2 amide bonds. The monoisotopic (exact) mass is 348 g/mol. The zero-order chi connectivity index (χ0) is 17.1. The Kier molecular flexibility index (Phi) is 5.01. The van der Waals surface area contributed by atoms with E-state index in [2.05, 4.69) is 5.32 Å². The molecule has 128 valence electrons. The van der Waals surface area contributed by atoms with Gasteiger partial charge in [-0.1, -0.05) is 0 Å². The minimum atomic E-state index is -0.318. The van der Waals surface area contributed by atoms with E-state index in [4.69, 9.17) is 9.15 Å². The summed E-state index contributed by atoms with van der Waals surface area (Å²) in [5.41, 5.74) is 0.869. The summed E-state index contributed by atoms with van der Waals surface area (Å²) in [6, 6.07) is 5.08. The maximum absolute atomic E-state index is 12.7. The van der Waals surface area contributed by atoms with Crippen molar-refractivity contribution in [3.05, 3.63) is 40.7 Å². The number of anilines is 1. The number of furan rings is 1. The lowest BCUT2D eigenvalue weighted by molar-refractivity contribution is 0.0353. The third-order valence-electron chi connectivity index (χ3n) is 4.16. The molecule has 1 saturated heterocycles. The maximum atomic E-state index is 12.7. The first-order chi connectivity index (χ1) is 11.6. The SMILES string of the molecule is COC1CCN(C(=O)c2sc(NC(=O)c3ccco3)cc2C)CC1. The van der Waals surface area contributed by atoms with Gasteiger partial charge in [-0.25, -0.2) is 0 Å². The molecular weight excluding hydrogens is 328 g/mol. The van der Waals surface area contributed by atoms with Crippen molar-refractivity contribution in [3.63, 3.8) is 0 Å². The molecule has 0 aromatic carbocycles. The van der Waals surface area contributed by atoms with Crippen LogP contribution in [0.2, 0.25) is 0 Å². The largest absolute Gasteiger partial charge is 0.459 e. The van der Waals surface area contributed by atoms with Crippen molar-refractivity contribution in [2.24, 2.45) is 0 Å². The number of nitrogens with zero attached hydrogens (tertiary/aromatic N) is 1. The topological polar surface area (TPSA) is 71.8 Å². The number of thiophene rings is 1. The molecule has 1 N–H and O–H groups in total. The molecule has 2 aromatic rings. The van der Waals surface area contributed by atoms with Gasteiger partial charge in [-0.3, -0.25) is 9.59 Å². The molecule has 1 aliphatic rings. The Morgan fingerprint density at radius 3 is 2.75 bits per heavy atom. The summed E-state index contributed by atoms with van der Waals surface area (Å²) < 4.78 is 10.4. The zero-order valence-corrected chi connectivity index (χ0v) is 14.5. The average molecular weight is 348 g/mol. The van der Waals surface area contributed by atoms with Crippen LogP contribution in [0.1, 0.15) is 38.6 Å². The molecular formula is C17H20N2O4S. The van der Waals surface area contributed by atoms with Crippen LogP contribution in [0.4, 0.5) is 5.00 Å². The highest BCUT2D eigenvalue weighted by Gasteiger charge is 2.26. The van der Waals surface area contributed by atoms with E-state index >= 15 is 0 Å². The summed E-state index contributed by atoms with van der Waals surface area (Å²) in [5.74, 6) is -0.0534. The third-order valence-corrected chi connectivity index (χ3v) is 5.30. The van der Waals surface area contributed by atoms with Gasteiger partial charge in [0.2, 0.25) is 0 Å². The summed E-state index contributed by atoms with van der Waals surface area (Å²) in [5, 5.41) is 3.42. The molecule has 7 heteroatoms. The molecule has 6 nitrogen and oxygen atoms in total. The van der Waals surface area contributed by atoms with E-state index < -0.39 is 0 Å². The number of aryl methyl sites for hydroxylation is 1. The number of rotatable bonds is 4. The normalized spacial score (nSPS) is 15.5.